The molecule has 1 unspecified atom stereocenters. The number of aliphatic carboxylic acids is 1. The summed E-state index contributed by atoms with van der Waals surface area (Å²) in [6.07, 6.45) is 1.22. The third kappa shape index (κ3) is 2.17. The van der Waals surface area contributed by atoms with Crippen molar-refractivity contribution in [3.05, 3.63) is 29.3 Å². The van der Waals surface area contributed by atoms with E-state index in [0.717, 1.165) is 16.9 Å². The molecule has 1 N–H and O–H groups in total. The summed E-state index contributed by atoms with van der Waals surface area (Å²) in [5.41, 5.74) is 2.19. The van der Waals surface area contributed by atoms with Crippen molar-refractivity contribution in [2.75, 3.05) is 20.3 Å². The fraction of sp³-hybridized carbons (Fsp3) is 0.533. The molecule has 0 saturated carbocycles. The Morgan fingerprint density at radius 2 is 2.20 bits per heavy atom. The first-order valence-electron chi connectivity index (χ1n) is 6.79. The molecule has 1 aromatic rings. The van der Waals surface area contributed by atoms with Crippen LogP contribution < -0.4 is 4.74 Å². The molecule has 1 spiro atoms. The number of rotatable bonds is 3. The maximum Gasteiger partial charge on any atom is 0.303 e. The topological polar surface area (TPSA) is 65.0 Å². The normalized spacial score (nSPS) is 23.6. The average molecular weight is 278 g/mol. The Balaban J connectivity index is 1.99. The summed E-state index contributed by atoms with van der Waals surface area (Å²) in [5.74, 6) is -0.985. The van der Waals surface area contributed by atoms with Gasteiger partial charge in [0.2, 0.25) is 0 Å². The summed E-state index contributed by atoms with van der Waals surface area (Å²) in [7, 11) is 1.63. The van der Waals surface area contributed by atoms with Crippen molar-refractivity contribution in [1.82, 2.24) is 0 Å². The fourth-order valence-corrected chi connectivity index (χ4v) is 3.26. The summed E-state index contributed by atoms with van der Waals surface area (Å²) >= 11 is 0. The molecule has 1 fully saturated rings. The van der Waals surface area contributed by atoms with Gasteiger partial charge in [0.1, 0.15) is 5.75 Å². The van der Waals surface area contributed by atoms with Gasteiger partial charge in [0.15, 0.2) is 5.79 Å². The minimum atomic E-state index is -0.827. The van der Waals surface area contributed by atoms with Gasteiger partial charge in [0, 0.05) is 12.3 Å². The second-order valence-electron chi connectivity index (χ2n) is 5.28. The Bertz CT molecular complexity index is 519. The first-order chi connectivity index (χ1) is 9.64. The Morgan fingerprint density at radius 3 is 2.85 bits per heavy atom. The van der Waals surface area contributed by atoms with Crippen LogP contribution in [0.1, 0.15) is 17.5 Å². The molecule has 1 aliphatic heterocycles. The number of carboxylic acids is 1. The van der Waals surface area contributed by atoms with Gasteiger partial charge in [-0.05, 0) is 23.6 Å². The predicted octanol–water partition coefficient (Wildman–Crippen LogP) is 1.63. The Hall–Kier alpha value is -1.59. The van der Waals surface area contributed by atoms with Crippen molar-refractivity contribution in [3.8, 4) is 5.75 Å². The van der Waals surface area contributed by atoms with E-state index in [1.165, 1.54) is 0 Å². The second-order valence-corrected chi connectivity index (χ2v) is 5.28. The molecule has 1 saturated heterocycles. The minimum absolute atomic E-state index is 0.0392. The van der Waals surface area contributed by atoms with E-state index in [2.05, 4.69) is 0 Å². The van der Waals surface area contributed by atoms with Crippen molar-refractivity contribution in [3.63, 3.8) is 0 Å². The lowest BCUT2D eigenvalue weighted by molar-refractivity contribution is -0.203. The van der Waals surface area contributed by atoms with Crippen molar-refractivity contribution in [2.24, 2.45) is 5.92 Å². The number of carboxylic acid groups (broad SMARTS) is 1. The number of fused-ring (bicyclic) bond motifs is 1. The van der Waals surface area contributed by atoms with Gasteiger partial charge in [0.25, 0.3) is 0 Å². The molecule has 0 radical (unpaired) electrons. The molecular weight excluding hydrogens is 260 g/mol. The van der Waals surface area contributed by atoms with Crippen LogP contribution in [-0.4, -0.2) is 37.2 Å². The highest BCUT2D eigenvalue weighted by Crippen LogP contribution is 2.43. The third-order valence-electron chi connectivity index (χ3n) is 4.16. The summed E-state index contributed by atoms with van der Waals surface area (Å²) in [4.78, 5) is 11.1. The number of benzene rings is 1. The minimum Gasteiger partial charge on any atom is -0.496 e. The molecule has 5 heteroatoms. The van der Waals surface area contributed by atoms with Crippen LogP contribution in [0.4, 0.5) is 0 Å². The van der Waals surface area contributed by atoms with Crippen molar-refractivity contribution in [2.45, 2.75) is 25.0 Å². The predicted molar refractivity (Wildman–Crippen MR) is 70.8 cm³/mol. The van der Waals surface area contributed by atoms with Crippen LogP contribution in [0.25, 0.3) is 0 Å². The highest BCUT2D eigenvalue weighted by molar-refractivity contribution is 5.67. The van der Waals surface area contributed by atoms with Crippen LogP contribution in [-0.2, 0) is 27.1 Å². The Labute approximate surface area is 117 Å². The number of hydrogen-bond donors (Lipinski definition) is 1. The maximum atomic E-state index is 11.1. The molecule has 108 valence electrons. The fourth-order valence-electron chi connectivity index (χ4n) is 3.26. The van der Waals surface area contributed by atoms with E-state index in [-0.39, 0.29) is 12.3 Å². The average Bonchev–Trinajstić information content (AvgIpc) is 2.88. The first-order valence-corrected chi connectivity index (χ1v) is 6.79. The van der Waals surface area contributed by atoms with Gasteiger partial charge in [-0.15, -0.1) is 0 Å². The van der Waals surface area contributed by atoms with Gasteiger partial charge in [-0.3, -0.25) is 4.79 Å². The smallest absolute Gasteiger partial charge is 0.303 e. The van der Waals surface area contributed by atoms with Crippen LogP contribution >= 0.6 is 0 Å². The lowest BCUT2D eigenvalue weighted by Gasteiger charge is -2.40. The van der Waals surface area contributed by atoms with Crippen molar-refractivity contribution < 1.29 is 24.1 Å². The van der Waals surface area contributed by atoms with E-state index in [9.17, 15) is 4.79 Å². The van der Waals surface area contributed by atoms with E-state index in [1.807, 2.05) is 18.2 Å². The maximum absolute atomic E-state index is 11.1. The molecular formula is C15H18O5. The van der Waals surface area contributed by atoms with E-state index in [0.29, 0.717) is 26.1 Å². The van der Waals surface area contributed by atoms with Crippen molar-refractivity contribution in [1.29, 1.82) is 0 Å². The Morgan fingerprint density at radius 1 is 1.45 bits per heavy atom. The second kappa shape index (κ2) is 5.07. The Kier molecular flexibility index (Phi) is 3.40. The quantitative estimate of drug-likeness (QED) is 0.910. The zero-order chi connectivity index (χ0) is 14.2. The molecule has 5 nitrogen and oxygen atoms in total. The number of hydrogen-bond acceptors (Lipinski definition) is 4. The zero-order valence-electron chi connectivity index (χ0n) is 11.4. The van der Waals surface area contributed by atoms with E-state index in [4.69, 9.17) is 19.3 Å². The standard InChI is InChI=1S/C15H18O5/c1-18-13-4-2-3-10-9-15(19-5-6-20-15)11(7-12(10)13)8-14(16)17/h2-4,11H,5-9H2,1H3,(H,16,17). The SMILES string of the molecule is COc1cccc2c1CC(CC(=O)O)C1(C2)OCCO1. The van der Waals surface area contributed by atoms with Gasteiger partial charge in [0.05, 0.1) is 26.7 Å². The molecule has 0 aromatic heterocycles. The van der Waals surface area contributed by atoms with Crippen LogP contribution in [0.3, 0.4) is 0 Å². The summed E-state index contributed by atoms with van der Waals surface area (Å²) in [5, 5.41) is 9.14. The van der Waals surface area contributed by atoms with Crippen LogP contribution in [0.5, 0.6) is 5.75 Å². The lowest BCUT2D eigenvalue weighted by atomic mass is 9.77. The summed E-state index contributed by atoms with van der Waals surface area (Å²) in [6.45, 7) is 1.05. The number of carbonyl (C=O) groups is 1. The molecule has 0 amide bonds. The first kappa shape index (κ1) is 13.4. The van der Waals surface area contributed by atoms with E-state index < -0.39 is 11.8 Å². The molecule has 1 aliphatic carbocycles. The van der Waals surface area contributed by atoms with Crippen LogP contribution in [0.2, 0.25) is 0 Å². The van der Waals surface area contributed by atoms with Gasteiger partial charge < -0.3 is 19.3 Å². The highest BCUT2D eigenvalue weighted by atomic mass is 16.7. The van der Waals surface area contributed by atoms with Crippen LogP contribution in [0, 0.1) is 5.92 Å². The molecule has 1 aromatic carbocycles. The molecule has 3 rings (SSSR count). The zero-order valence-corrected chi connectivity index (χ0v) is 11.4. The van der Waals surface area contributed by atoms with Gasteiger partial charge in [-0.25, -0.2) is 0 Å². The molecule has 20 heavy (non-hydrogen) atoms. The summed E-state index contributed by atoms with van der Waals surface area (Å²) < 4.78 is 17.0. The number of ether oxygens (including phenoxy) is 3. The molecule has 1 atom stereocenters. The van der Waals surface area contributed by atoms with Crippen molar-refractivity contribution >= 4 is 5.97 Å². The number of methoxy groups -OCH3 is 1. The van der Waals surface area contributed by atoms with Gasteiger partial charge in [-0.2, -0.15) is 0 Å². The molecule has 0 bridgehead atoms. The molecule has 1 heterocycles. The third-order valence-corrected chi connectivity index (χ3v) is 4.16. The van der Waals surface area contributed by atoms with Crippen LogP contribution in [0.15, 0.2) is 18.2 Å². The molecule has 2 aliphatic rings. The lowest BCUT2D eigenvalue weighted by Crippen LogP contribution is -2.46. The monoisotopic (exact) mass is 278 g/mol. The van der Waals surface area contributed by atoms with E-state index in [1.54, 1.807) is 7.11 Å². The van der Waals surface area contributed by atoms with Gasteiger partial charge in [-0.1, -0.05) is 12.1 Å². The highest BCUT2D eigenvalue weighted by Gasteiger charge is 2.48. The largest absolute Gasteiger partial charge is 0.496 e. The van der Waals surface area contributed by atoms with Gasteiger partial charge >= 0.3 is 5.97 Å². The summed E-state index contributed by atoms with van der Waals surface area (Å²) in [6, 6.07) is 5.88. The van der Waals surface area contributed by atoms with E-state index >= 15 is 0 Å².